The van der Waals surface area contributed by atoms with Crippen LogP contribution in [0.3, 0.4) is 0 Å². The van der Waals surface area contributed by atoms with Crippen LogP contribution >= 0.6 is 0 Å². The number of hydrogen-bond acceptors (Lipinski definition) is 5. The minimum Gasteiger partial charge on any atom is -0.469 e. The maximum atomic E-state index is 12.9. The first-order chi connectivity index (χ1) is 11.9. The zero-order valence-electron chi connectivity index (χ0n) is 13.5. The lowest BCUT2D eigenvalue weighted by molar-refractivity contribution is -0.142. The Labute approximate surface area is 142 Å². The highest BCUT2D eigenvalue weighted by Gasteiger charge is 2.34. The van der Waals surface area contributed by atoms with Gasteiger partial charge in [-0.05, 0) is 24.3 Å². The van der Waals surface area contributed by atoms with Crippen molar-refractivity contribution >= 4 is 11.7 Å². The van der Waals surface area contributed by atoms with E-state index in [1.807, 2.05) is 11.0 Å². The van der Waals surface area contributed by atoms with Gasteiger partial charge in [-0.2, -0.15) is 13.2 Å². The number of rotatable bonds is 4. The van der Waals surface area contributed by atoms with Gasteiger partial charge in [0.05, 0.1) is 24.9 Å². The van der Waals surface area contributed by atoms with Gasteiger partial charge in [-0.25, -0.2) is 0 Å². The van der Waals surface area contributed by atoms with E-state index in [1.165, 1.54) is 19.4 Å². The average molecular weight is 351 g/mol. The Hall–Kier alpha value is -2.64. The van der Waals surface area contributed by atoms with E-state index in [0.29, 0.717) is 30.8 Å². The molecule has 3 rings (SSSR count). The lowest BCUT2D eigenvalue weighted by Crippen LogP contribution is -2.48. The minimum absolute atomic E-state index is 0.170. The highest BCUT2D eigenvalue weighted by molar-refractivity contribution is 5.76. The molecule has 1 aliphatic heterocycles. The third-order valence-corrected chi connectivity index (χ3v) is 4.09. The molecule has 132 valence electrons. The Morgan fingerprint density at radius 1 is 1.28 bits per heavy atom. The first-order valence-electron chi connectivity index (χ1n) is 7.69. The van der Waals surface area contributed by atoms with Crippen LogP contribution in [0.1, 0.15) is 12.1 Å². The fraction of sp³-hybridized carbons (Fsp3) is 0.353. The molecule has 5 nitrogen and oxygen atoms in total. The van der Waals surface area contributed by atoms with Crippen LogP contribution in [0.4, 0.5) is 18.9 Å². The third-order valence-electron chi connectivity index (χ3n) is 4.09. The number of ether oxygens (including phenoxy) is 1. The molecule has 0 radical (unpaired) electrons. The molecule has 25 heavy (non-hydrogen) atoms. The zero-order chi connectivity index (χ0) is 18.0. The molecule has 1 saturated heterocycles. The van der Waals surface area contributed by atoms with Crippen LogP contribution < -0.4 is 4.90 Å². The summed E-state index contributed by atoms with van der Waals surface area (Å²) in [4.78, 5) is 20.9. The van der Waals surface area contributed by atoms with Crippen LogP contribution in [0, 0.1) is 5.92 Å². The van der Waals surface area contributed by atoms with E-state index in [1.54, 1.807) is 6.07 Å². The summed E-state index contributed by atoms with van der Waals surface area (Å²) in [6.07, 6.45) is -1.51. The number of carbonyl (C=O) groups excluding carboxylic acids is 1. The number of alkyl halides is 3. The smallest absolute Gasteiger partial charge is 0.433 e. The first-order valence-corrected chi connectivity index (χ1v) is 7.69. The van der Waals surface area contributed by atoms with Gasteiger partial charge in [0.15, 0.2) is 0 Å². The van der Waals surface area contributed by atoms with Gasteiger partial charge < -0.3 is 9.64 Å². The quantitative estimate of drug-likeness (QED) is 0.792. The molecule has 3 heterocycles. The molecule has 2 aromatic rings. The summed E-state index contributed by atoms with van der Waals surface area (Å²) in [6.45, 7) is 1.26. The van der Waals surface area contributed by atoms with Crippen molar-refractivity contribution in [1.82, 2.24) is 9.97 Å². The number of anilines is 1. The number of carbonyl (C=O) groups is 1. The van der Waals surface area contributed by atoms with Gasteiger partial charge in [-0.1, -0.05) is 0 Å². The van der Waals surface area contributed by atoms with Crippen molar-refractivity contribution in [2.45, 2.75) is 12.6 Å². The Balaban J connectivity index is 1.83. The maximum Gasteiger partial charge on any atom is 0.433 e. The molecule has 0 atom stereocenters. The predicted octanol–water partition coefficient (Wildman–Crippen LogP) is 3.16. The van der Waals surface area contributed by atoms with Crippen molar-refractivity contribution in [3.63, 3.8) is 0 Å². The largest absolute Gasteiger partial charge is 0.469 e. The lowest BCUT2D eigenvalue weighted by Gasteiger charge is -2.41. The summed E-state index contributed by atoms with van der Waals surface area (Å²) in [5, 5.41) is 0. The van der Waals surface area contributed by atoms with Crippen molar-refractivity contribution < 1.29 is 22.7 Å². The standard InChI is InChI=1S/C17H16F3N3O2/c1-25-15(24)7-11-9-23(10-11)13-3-2-5-22-16(13)12-4-6-21-14(8-12)17(18,19)20/h2-6,8,11H,7,9-10H2,1H3. The summed E-state index contributed by atoms with van der Waals surface area (Å²) in [7, 11) is 1.35. The fourth-order valence-corrected chi connectivity index (χ4v) is 2.82. The third kappa shape index (κ3) is 3.72. The molecule has 1 fully saturated rings. The fourth-order valence-electron chi connectivity index (χ4n) is 2.82. The number of halogens is 3. The SMILES string of the molecule is COC(=O)CC1CN(c2cccnc2-c2ccnc(C(F)(F)F)c2)C1. The monoisotopic (exact) mass is 351 g/mol. The first kappa shape index (κ1) is 17.2. The Morgan fingerprint density at radius 3 is 2.72 bits per heavy atom. The minimum atomic E-state index is -4.51. The molecule has 0 aliphatic carbocycles. The lowest BCUT2D eigenvalue weighted by atomic mass is 9.94. The Kier molecular flexibility index (Phi) is 4.61. The van der Waals surface area contributed by atoms with Crippen LogP contribution in [0.5, 0.6) is 0 Å². The number of esters is 1. The molecule has 0 aromatic carbocycles. The molecule has 0 amide bonds. The van der Waals surface area contributed by atoms with Crippen molar-refractivity contribution in [2.75, 3.05) is 25.1 Å². The summed E-state index contributed by atoms with van der Waals surface area (Å²) < 4.78 is 43.3. The number of aromatic nitrogens is 2. The second-order valence-corrected chi connectivity index (χ2v) is 5.85. The van der Waals surface area contributed by atoms with Crippen molar-refractivity contribution in [1.29, 1.82) is 0 Å². The number of pyridine rings is 2. The maximum absolute atomic E-state index is 12.9. The van der Waals surface area contributed by atoms with Gasteiger partial charge in [0.1, 0.15) is 5.69 Å². The molecular formula is C17H16F3N3O2. The van der Waals surface area contributed by atoms with Gasteiger partial charge in [-0.3, -0.25) is 14.8 Å². The molecule has 0 spiro atoms. The summed E-state index contributed by atoms with van der Waals surface area (Å²) >= 11 is 0. The van der Waals surface area contributed by atoms with Gasteiger partial charge >= 0.3 is 12.1 Å². The van der Waals surface area contributed by atoms with Crippen molar-refractivity contribution in [3.8, 4) is 11.3 Å². The zero-order valence-corrected chi connectivity index (χ0v) is 13.5. The Bertz CT molecular complexity index is 774. The van der Waals surface area contributed by atoms with Crippen LogP contribution in [0.15, 0.2) is 36.7 Å². The predicted molar refractivity (Wildman–Crippen MR) is 84.8 cm³/mol. The van der Waals surface area contributed by atoms with Crippen LogP contribution in [-0.4, -0.2) is 36.1 Å². The van der Waals surface area contributed by atoms with Crippen LogP contribution in [-0.2, 0) is 15.7 Å². The van der Waals surface area contributed by atoms with E-state index in [4.69, 9.17) is 0 Å². The topological polar surface area (TPSA) is 55.3 Å². The summed E-state index contributed by atoms with van der Waals surface area (Å²) in [5.41, 5.74) is 0.609. The summed E-state index contributed by atoms with van der Waals surface area (Å²) in [5.74, 6) is -0.0938. The van der Waals surface area contributed by atoms with E-state index in [9.17, 15) is 18.0 Å². The highest BCUT2D eigenvalue weighted by Crippen LogP contribution is 2.36. The second kappa shape index (κ2) is 6.70. The van der Waals surface area contributed by atoms with E-state index in [-0.39, 0.29) is 11.9 Å². The van der Waals surface area contributed by atoms with Crippen molar-refractivity contribution in [2.24, 2.45) is 5.92 Å². The van der Waals surface area contributed by atoms with Gasteiger partial charge in [0.25, 0.3) is 0 Å². The molecule has 8 heteroatoms. The highest BCUT2D eigenvalue weighted by atomic mass is 19.4. The molecule has 1 aliphatic rings. The molecular weight excluding hydrogens is 335 g/mol. The van der Waals surface area contributed by atoms with Gasteiger partial charge in [-0.15, -0.1) is 0 Å². The van der Waals surface area contributed by atoms with E-state index in [2.05, 4.69) is 14.7 Å². The van der Waals surface area contributed by atoms with Gasteiger partial charge in [0.2, 0.25) is 0 Å². The van der Waals surface area contributed by atoms with Crippen molar-refractivity contribution in [3.05, 3.63) is 42.4 Å². The number of methoxy groups -OCH3 is 1. The number of hydrogen-bond donors (Lipinski definition) is 0. The van der Waals surface area contributed by atoms with E-state index >= 15 is 0 Å². The molecule has 0 unspecified atom stereocenters. The number of nitrogens with zero attached hydrogens (tertiary/aromatic N) is 3. The van der Waals surface area contributed by atoms with Gasteiger partial charge in [0, 0.05) is 37.0 Å². The van der Waals surface area contributed by atoms with Crippen LogP contribution in [0.2, 0.25) is 0 Å². The molecule has 0 saturated carbocycles. The Morgan fingerprint density at radius 2 is 2.04 bits per heavy atom. The molecule has 2 aromatic heterocycles. The molecule has 0 bridgehead atoms. The molecule has 0 N–H and O–H groups in total. The summed E-state index contributed by atoms with van der Waals surface area (Å²) in [6, 6.07) is 6.05. The van der Waals surface area contributed by atoms with E-state index < -0.39 is 11.9 Å². The van der Waals surface area contributed by atoms with Crippen LogP contribution in [0.25, 0.3) is 11.3 Å². The average Bonchev–Trinajstić information content (AvgIpc) is 2.57. The van der Waals surface area contributed by atoms with E-state index in [0.717, 1.165) is 18.0 Å². The second-order valence-electron chi connectivity index (χ2n) is 5.85. The normalized spacial score (nSPS) is 15.0.